The minimum Gasteiger partial charge on any atom is -0.445 e. The number of rotatable bonds is 5. The number of nitrogens with one attached hydrogen (secondary N) is 1. The van der Waals surface area contributed by atoms with Crippen molar-refractivity contribution in [1.82, 2.24) is 9.88 Å². The first kappa shape index (κ1) is 19.9. The van der Waals surface area contributed by atoms with E-state index in [1.807, 2.05) is 6.07 Å². The van der Waals surface area contributed by atoms with E-state index < -0.39 is 11.0 Å². The van der Waals surface area contributed by atoms with Crippen molar-refractivity contribution in [3.05, 3.63) is 76.0 Å². The number of fused-ring (bicyclic) bond motifs is 1. The van der Waals surface area contributed by atoms with E-state index in [1.165, 1.54) is 28.6 Å². The zero-order valence-corrected chi connectivity index (χ0v) is 16.9. The maximum Gasteiger partial charge on any atom is 0.407 e. The number of non-ortho nitro benzene ring substituents is 1. The van der Waals surface area contributed by atoms with E-state index in [0.717, 1.165) is 25.7 Å². The van der Waals surface area contributed by atoms with Gasteiger partial charge in [0.15, 0.2) is 0 Å². The largest absolute Gasteiger partial charge is 0.445 e. The third kappa shape index (κ3) is 4.15. The number of benzene rings is 2. The molecule has 1 N–H and O–H groups in total. The minimum atomic E-state index is -0.453. The number of hydrogen-bond donors (Lipinski definition) is 1. The van der Waals surface area contributed by atoms with E-state index in [1.54, 1.807) is 12.1 Å². The summed E-state index contributed by atoms with van der Waals surface area (Å²) in [6, 6.07) is 14.4. The first-order chi connectivity index (χ1) is 14.5. The number of ether oxygens (including phenoxy) is 1. The highest BCUT2D eigenvalue weighted by Gasteiger charge is 2.30. The summed E-state index contributed by atoms with van der Waals surface area (Å²) in [5, 5.41) is 15.0. The molecule has 0 radical (unpaired) electrons. The van der Waals surface area contributed by atoms with Crippen LogP contribution in [0.2, 0.25) is 0 Å². The molecule has 7 heteroatoms. The molecule has 1 aliphatic rings. The fourth-order valence-electron chi connectivity index (χ4n) is 4.40. The van der Waals surface area contributed by atoms with E-state index in [-0.39, 0.29) is 24.3 Å². The average molecular weight is 407 g/mol. The second-order valence-electron chi connectivity index (χ2n) is 7.85. The predicted molar refractivity (Wildman–Crippen MR) is 114 cm³/mol. The molecule has 1 aromatic heterocycles. The Labute approximate surface area is 174 Å². The van der Waals surface area contributed by atoms with E-state index >= 15 is 0 Å². The van der Waals surface area contributed by atoms with Crippen molar-refractivity contribution >= 4 is 22.7 Å². The summed E-state index contributed by atoms with van der Waals surface area (Å²) in [5.41, 5.74) is 3.19. The molecule has 3 aromatic rings. The van der Waals surface area contributed by atoms with Gasteiger partial charge in [-0.15, -0.1) is 0 Å². The summed E-state index contributed by atoms with van der Waals surface area (Å²) in [6.07, 6.45) is 5.89. The summed E-state index contributed by atoms with van der Waals surface area (Å²) >= 11 is 0. The van der Waals surface area contributed by atoms with E-state index in [2.05, 4.69) is 41.3 Å². The zero-order valence-electron chi connectivity index (χ0n) is 16.9. The lowest BCUT2D eigenvalue weighted by molar-refractivity contribution is -0.384. The highest BCUT2D eigenvalue weighted by molar-refractivity contribution is 5.84. The Hall–Kier alpha value is -3.35. The Morgan fingerprint density at radius 1 is 1.17 bits per heavy atom. The summed E-state index contributed by atoms with van der Waals surface area (Å²) < 4.78 is 7.53. The zero-order chi connectivity index (χ0) is 21.1. The first-order valence-corrected chi connectivity index (χ1v) is 10.2. The Balaban J connectivity index is 1.43. The molecule has 4 rings (SSSR count). The van der Waals surface area contributed by atoms with Crippen LogP contribution in [0, 0.1) is 10.1 Å². The number of carbonyl (C=O) groups is 1. The number of nitro groups is 1. The fourth-order valence-corrected chi connectivity index (χ4v) is 4.40. The van der Waals surface area contributed by atoms with Crippen LogP contribution in [0.4, 0.5) is 10.5 Å². The van der Waals surface area contributed by atoms with Gasteiger partial charge >= 0.3 is 6.09 Å². The second-order valence-corrected chi connectivity index (χ2v) is 7.85. The molecule has 1 fully saturated rings. The molecule has 7 nitrogen and oxygen atoms in total. The third-order valence-corrected chi connectivity index (χ3v) is 5.91. The number of aromatic nitrogens is 1. The Bertz CT molecular complexity index is 1060. The van der Waals surface area contributed by atoms with Crippen molar-refractivity contribution in [2.45, 2.75) is 44.2 Å². The maximum absolute atomic E-state index is 12.5. The van der Waals surface area contributed by atoms with Crippen LogP contribution >= 0.6 is 0 Å². The number of para-hydroxylation sites is 1. The number of nitro benzene ring substituents is 1. The minimum absolute atomic E-state index is 0.0170. The van der Waals surface area contributed by atoms with Gasteiger partial charge in [0.1, 0.15) is 6.61 Å². The van der Waals surface area contributed by atoms with Crippen molar-refractivity contribution in [1.29, 1.82) is 0 Å². The van der Waals surface area contributed by atoms with Gasteiger partial charge in [-0.05, 0) is 42.2 Å². The van der Waals surface area contributed by atoms with Crippen molar-refractivity contribution in [2.24, 2.45) is 7.05 Å². The van der Waals surface area contributed by atoms with Crippen LogP contribution in [-0.2, 0) is 18.4 Å². The van der Waals surface area contributed by atoms with Gasteiger partial charge in [0.2, 0.25) is 0 Å². The lowest BCUT2D eigenvalue weighted by atomic mass is 9.80. The van der Waals surface area contributed by atoms with Crippen molar-refractivity contribution in [3.8, 4) is 0 Å². The van der Waals surface area contributed by atoms with E-state index in [0.29, 0.717) is 5.56 Å². The van der Waals surface area contributed by atoms with E-state index in [4.69, 9.17) is 4.74 Å². The number of nitrogens with zero attached hydrogens (tertiary/aromatic N) is 2. The van der Waals surface area contributed by atoms with Crippen LogP contribution in [0.5, 0.6) is 0 Å². The van der Waals surface area contributed by atoms with Crippen LogP contribution in [-0.4, -0.2) is 21.6 Å². The average Bonchev–Trinajstić information content (AvgIpc) is 3.09. The van der Waals surface area contributed by atoms with Crippen LogP contribution in [0.1, 0.15) is 42.7 Å². The van der Waals surface area contributed by atoms with Gasteiger partial charge in [0.25, 0.3) is 5.69 Å². The molecule has 1 aliphatic carbocycles. The van der Waals surface area contributed by atoms with Crippen LogP contribution in [0.3, 0.4) is 0 Å². The standard InChI is InChI=1S/C23H25N3O4/c1-25-14-20(19-7-3-5-9-22(19)25)18-6-2-4-8-21(18)24-23(27)30-15-16-10-12-17(13-11-16)26(28)29/h3,5,7,9-14,18,21H,2,4,6,8,15H2,1H3,(H,24,27)/t18-,21+/m0/s1. The summed E-state index contributed by atoms with van der Waals surface area (Å²) in [6.45, 7) is 0.0789. The molecule has 156 valence electrons. The molecule has 30 heavy (non-hydrogen) atoms. The molecule has 0 unspecified atom stereocenters. The molecule has 1 amide bonds. The smallest absolute Gasteiger partial charge is 0.407 e. The number of carbonyl (C=O) groups excluding carboxylic acids is 1. The molecule has 0 saturated heterocycles. The third-order valence-electron chi connectivity index (χ3n) is 5.91. The molecule has 0 aliphatic heterocycles. The van der Waals surface area contributed by atoms with Gasteiger partial charge in [-0.1, -0.05) is 31.0 Å². The van der Waals surface area contributed by atoms with Crippen molar-refractivity contribution in [2.75, 3.05) is 0 Å². The molecule has 1 heterocycles. The Morgan fingerprint density at radius 3 is 2.67 bits per heavy atom. The summed E-state index contributed by atoms with van der Waals surface area (Å²) in [4.78, 5) is 22.7. The van der Waals surface area contributed by atoms with Gasteiger partial charge in [0, 0.05) is 48.2 Å². The highest BCUT2D eigenvalue weighted by Crippen LogP contribution is 2.37. The fraction of sp³-hybridized carbons (Fsp3) is 0.348. The van der Waals surface area contributed by atoms with Gasteiger partial charge in [-0.2, -0.15) is 0 Å². The number of alkyl carbamates (subject to hydrolysis) is 1. The summed E-state index contributed by atoms with van der Waals surface area (Å²) in [7, 11) is 2.05. The molecular formula is C23H25N3O4. The first-order valence-electron chi connectivity index (χ1n) is 10.2. The van der Waals surface area contributed by atoms with Crippen LogP contribution in [0.15, 0.2) is 54.7 Å². The molecular weight excluding hydrogens is 382 g/mol. The van der Waals surface area contributed by atoms with Crippen LogP contribution < -0.4 is 5.32 Å². The molecule has 0 spiro atoms. The topological polar surface area (TPSA) is 86.4 Å². The molecule has 2 atom stereocenters. The number of hydrogen-bond acceptors (Lipinski definition) is 4. The molecule has 0 bridgehead atoms. The normalized spacial score (nSPS) is 18.8. The quantitative estimate of drug-likeness (QED) is 0.474. The molecule has 1 saturated carbocycles. The Kier molecular flexibility index (Phi) is 5.70. The van der Waals surface area contributed by atoms with Gasteiger partial charge in [0.05, 0.1) is 4.92 Å². The number of aryl methyl sites for hydroxylation is 1. The lowest BCUT2D eigenvalue weighted by Gasteiger charge is -2.32. The van der Waals surface area contributed by atoms with E-state index in [9.17, 15) is 14.9 Å². The van der Waals surface area contributed by atoms with Gasteiger partial charge in [-0.25, -0.2) is 4.79 Å². The van der Waals surface area contributed by atoms with Gasteiger partial charge < -0.3 is 14.6 Å². The van der Waals surface area contributed by atoms with Crippen molar-refractivity contribution < 1.29 is 14.5 Å². The van der Waals surface area contributed by atoms with Crippen LogP contribution in [0.25, 0.3) is 10.9 Å². The monoisotopic (exact) mass is 407 g/mol. The van der Waals surface area contributed by atoms with Crippen molar-refractivity contribution in [3.63, 3.8) is 0 Å². The second kappa shape index (κ2) is 8.57. The lowest BCUT2D eigenvalue weighted by Crippen LogP contribution is -2.41. The SMILES string of the molecule is Cn1cc([C@@H]2CCCC[C@H]2NC(=O)OCc2ccc([N+](=O)[O-])cc2)c2ccccc21. The highest BCUT2D eigenvalue weighted by atomic mass is 16.6. The number of amides is 1. The van der Waals surface area contributed by atoms with Gasteiger partial charge in [-0.3, -0.25) is 10.1 Å². The molecule has 2 aromatic carbocycles. The predicted octanol–water partition coefficient (Wildman–Crippen LogP) is 5.04. The maximum atomic E-state index is 12.5. The summed E-state index contributed by atoms with van der Waals surface area (Å²) in [5.74, 6) is 0.247. The Morgan fingerprint density at radius 2 is 1.90 bits per heavy atom.